The van der Waals surface area contributed by atoms with Gasteiger partial charge in [0.05, 0.1) is 0 Å². The molecule has 0 unspecified atom stereocenters. The van der Waals surface area contributed by atoms with Gasteiger partial charge in [-0.05, 0) is 42.0 Å². The molecule has 0 spiro atoms. The predicted molar refractivity (Wildman–Crippen MR) is 76.0 cm³/mol. The molecule has 1 heterocycles. The van der Waals surface area contributed by atoms with Crippen molar-refractivity contribution in [3.63, 3.8) is 0 Å². The van der Waals surface area contributed by atoms with E-state index in [1.165, 1.54) is 12.1 Å². The molecular formula is C16H13FN2O. The van der Waals surface area contributed by atoms with Crippen molar-refractivity contribution >= 4 is 16.8 Å². The first kappa shape index (κ1) is 12.4. The molecular weight excluding hydrogens is 255 g/mol. The topological polar surface area (TPSA) is 48.0 Å². The van der Waals surface area contributed by atoms with Gasteiger partial charge in [0.15, 0.2) is 0 Å². The van der Waals surface area contributed by atoms with Crippen LogP contribution in [0.1, 0.15) is 15.9 Å². The van der Waals surface area contributed by atoms with Crippen LogP contribution in [-0.2, 0) is 6.54 Å². The molecule has 0 aliphatic heterocycles. The van der Waals surface area contributed by atoms with Crippen LogP contribution in [-0.4, -0.2) is 10.5 Å². The van der Waals surface area contributed by atoms with E-state index in [1.54, 1.807) is 24.3 Å². The van der Waals surface area contributed by atoms with Gasteiger partial charge < -0.3 is 10.3 Å². The number of amides is 1. The van der Waals surface area contributed by atoms with Gasteiger partial charge in [0, 0.05) is 29.2 Å². The summed E-state index contributed by atoms with van der Waals surface area (Å²) in [5, 5.41) is 0.857. The van der Waals surface area contributed by atoms with Gasteiger partial charge in [0.25, 0.3) is 0 Å². The number of carbonyl (C=O) groups excluding carboxylic acids is 1. The third-order valence-electron chi connectivity index (χ3n) is 3.30. The predicted octanol–water partition coefficient (Wildman–Crippen LogP) is 2.93. The summed E-state index contributed by atoms with van der Waals surface area (Å²) in [5.74, 6) is -0.683. The monoisotopic (exact) mass is 268 g/mol. The van der Waals surface area contributed by atoms with E-state index in [0.29, 0.717) is 12.1 Å². The fraction of sp³-hybridized carbons (Fsp3) is 0.0625. The first-order chi connectivity index (χ1) is 9.63. The Hall–Kier alpha value is -2.62. The van der Waals surface area contributed by atoms with Gasteiger partial charge >= 0.3 is 0 Å². The molecule has 0 saturated carbocycles. The number of nitrogens with zero attached hydrogens (tertiary/aromatic N) is 1. The van der Waals surface area contributed by atoms with E-state index >= 15 is 0 Å². The maximum Gasteiger partial charge on any atom is 0.248 e. The quantitative estimate of drug-likeness (QED) is 0.780. The van der Waals surface area contributed by atoms with Crippen LogP contribution >= 0.6 is 0 Å². The lowest BCUT2D eigenvalue weighted by Gasteiger charge is -2.07. The van der Waals surface area contributed by atoms with Crippen molar-refractivity contribution in [2.75, 3.05) is 0 Å². The highest BCUT2D eigenvalue weighted by Gasteiger charge is 2.05. The Morgan fingerprint density at radius 2 is 2.00 bits per heavy atom. The Balaban J connectivity index is 1.97. The van der Waals surface area contributed by atoms with Crippen LogP contribution in [0.25, 0.3) is 10.9 Å². The molecule has 2 N–H and O–H groups in total. The molecule has 1 aromatic heterocycles. The second-order valence-electron chi connectivity index (χ2n) is 4.71. The van der Waals surface area contributed by atoms with Crippen molar-refractivity contribution in [3.05, 3.63) is 71.7 Å². The number of primary amides is 1. The number of halogens is 1. The zero-order chi connectivity index (χ0) is 14.1. The van der Waals surface area contributed by atoms with E-state index in [1.807, 2.05) is 22.9 Å². The molecule has 0 bridgehead atoms. The number of fused-ring (bicyclic) bond motifs is 1. The first-order valence-corrected chi connectivity index (χ1v) is 6.26. The van der Waals surface area contributed by atoms with Crippen LogP contribution in [0.3, 0.4) is 0 Å². The van der Waals surface area contributed by atoms with Gasteiger partial charge in [-0.3, -0.25) is 4.79 Å². The largest absolute Gasteiger partial charge is 0.366 e. The van der Waals surface area contributed by atoms with Crippen molar-refractivity contribution in [2.45, 2.75) is 6.54 Å². The molecule has 0 radical (unpaired) electrons. The fourth-order valence-electron chi connectivity index (χ4n) is 2.33. The van der Waals surface area contributed by atoms with Gasteiger partial charge in [-0.1, -0.05) is 12.1 Å². The molecule has 4 heteroatoms. The highest BCUT2D eigenvalue weighted by Crippen LogP contribution is 2.18. The average Bonchev–Trinajstić information content (AvgIpc) is 2.81. The second-order valence-corrected chi connectivity index (χ2v) is 4.71. The summed E-state index contributed by atoms with van der Waals surface area (Å²) in [6, 6.07) is 13.8. The third kappa shape index (κ3) is 2.28. The molecule has 1 amide bonds. The Morgan fingerprint density at radius 1 is 1.15 bits per heavy atom. The van der Waals surface area contributed by atoms with E-state index in [2.05, 4.69) is 0 Å². The summed E-state index contributed by atoms with van der Waals surface area (Å²) in [6.45, 7) is 0.607. The minimum absolute atomic E-state index is 0.244. The average molecular weight is 268 g/mol. The highest BCUT2D eigenvalue weighted by atomic mass is 19.1. The minimum Gasteiger partial charge on any atom is -0.366 e. The molecule has 20 heavy (non-hydrogen) atoms. The lowest BCUT2D eigenvalue weighted by atomic mass is 10.1. The van der Waals surface area contributed by atoms with Gasteiger partial charge in [-0.15, -0.1) is 0 Å². The molecule has 3 rings (SSSR count). The number of rotatable bonds is 3. The molecule has 0 aliphatic rings. The summed E-state index contributed by atoms with van der Waals surface area (Å²) in [5.41, 5.74) is 7.70. The van der Waals surface area contributed by atoms with Crippen LogP contribution in [0.4, 0.5) is 4.39 Å². The summed E-state index contributed by atoms with van der Waals surface area (Å²) >= 11 is 0. The van der Waals surface area contributed by atoms with E-state index in [0.717, 1.165) is 16.5 Å². The van der Waals surface area contributed by atoms with Gasteiger partial charge in [0.2, 0.25) is 5.91 Å². The molecule has 0 fully saturated rings. The van der Waals surface area contributed by atoms with Crippen LogP contribution in [0.15, 0.2) is 54.7 Å². The van der Waals surface area contributed by atoms with Crippen molar-refractivity contribution in [2.24, 2.45) is 5.73 Å². The number of carbonyl (C=O) groups is 1. The van der Waals surface area contributed by atoms with E-state index < -0.39 is 5.91 Å². The molecule has 0 saturated heterocycles. The molecule has 3 aromatic rings. The molecule has 2 aromatic carbocycles. The summed E-state index contributed by atoms with van der Waals surface area (Å²) in [7, 11) is 0. The highest BCUT2D eigenvalue weighted by molar-refractivity contribution is 5.92. The Morgan fingerprint density at radius 3 is 2.80 bits per heavy atom. The van der Waals surface area contributed by atoms with Crippen LogP contribution in [0.5, 0.6) is 0 Å². The molecule has 0 aliphatic carbocycles. The Labute approximate surface area is 115 Å². The number of hydrogen-bond acceptors (Lipinski definition) is 1. The van der Waals surface area contributed by atoms with Crippen molar-refractivity contribution in [1.82, 2.24) is 4.57 Å². The zero-order valence-electron chi connectivity index (χ0n) is 10.7. The standard InChI is InChI=1S/C16H13FN2O/c17-14-4-5-15-12(9-14)6-7-19(15)10-11-2-1-3-13(8-11)16(18)20/h1-9H,10H2,(H2,18,20). The maximum absolute atomic E-state index is 13.2. The Bertz CT molecular complexity index is 792. The van der Waals surface area contributed by atoms with Crippen LogP contribution < -0.4 is 5.73 Å². The van der Waals surface area contributed by atoms with Crippen LogP contribution in [0.2, 0.25) is 0 Å². The third-order valence-corrected chi connectivity index (χ3v) is 3.30. The first-order valence-electron chi connectivity index (χ1n) is 6.26. The number of aromatic nitrogens is 1. The second kappa shape index (κ2) is 4.81. The summed E-state index contributed by atoms with van der Waals surface area (Å²) in [4.78, 5) is 11.2. The maximum atomic E-state index is 13.2. The van der Waals surface area contributed by atoms with Crippen molar-refractivity contribution < 1.29 is 9.18 Å². The van der Waals surface area contributed by atoms with E-state index in [9.17, 15) is 9.18 Å². The zero-order valence-corrected chi connectivity index (χ0v) is 10.7. The summed E-state index contributed by atoms with van der Waals surface area (Å²) in [6.07, 6.45) is 1.90. The van der Waals surface area contributed by atoms with Crippen LogP contribution in [0, 0.1) is 5.82 Å². The van der Waals surface area contributed by atoms with E-state index in [4.69, 9.17) is 5.73 Å². The van der Waals surface area contributed by atoms with Crippen molar-refractivity contribution in [1.29, 1.82) is 0 Å². The van der Waals surface area contributed by atoms with Gasteiger partial charge in [-0.25, -0.2) is 4.39 Å². The molecule has 0 atom stereocenters. The normalized spacial score (nSPS) is 10.8. The number of nitrogens with two attached hydrogens (primary N) is 1. The number of hydrogen-bond donors (Lipinski definition) is 1. The molecule has 3 nitrogen and oxygen atoms in total. The fourth-order valence-corrected chi connectivity index (χ4v) is 2.33. The van der Waals surface area contributed by atoms with Crippen molar-refractivity contribution in [3.8, 4) is 0 Å². The minimum atomic E-state index is -0.439. The number of benzene rings is 2. The lowest BCUT2D eigenvalue weighted by Crippen LogP contribution is -2.11. The van der Waals surface area contributed by atoms with E-state index in [-0.39, 0.29) is 5.82 Å². The van der Waals surface area contributed by atoms with Gasteiger partial charge in [-0.2, -0.15) is 0 Å². The SMILES string of the molecule is NC(=O)c1cccc(Cn2ccc3cc(F)ccc32)c1. The Kier molecular flexibility index (Phi) is 2.99. The molecule has 100 valence electrons. The smallest absolute Gasteiger partial charge is 0.248 e. The summed E-state index contributed by atoms with van der Waals surface area (Å²) < 4.78 is 15.2. The van der Waals surface area contributed by atoms with Gasteiger partial charge in [0.1, 0.15) is 5.82 Å². The lowest BCUT2D eigenvalue weighted by molar-refractivity contribution is 0.1000.